The first-order valence-electron chi connectivity index (χ1n) is 4.79. The van der Waals surface area contributed by atoms with Crippen LogP contribution < -0.4 is 11.5 Å². The van der Waals surface area contributed by atoms with Crippen molar-refractivity contribution in [2.24, 2.45) is 5.73 Å². The van der Waals surface area contributed by atoms with Crippen LogP contribution in [0, 0.1) is 0 Å². The van der Waals surface area contributed by atoms with Crippen LogP contribution in [0.3, 0.4) is 0 Å². The molecule has 0 bridgehead atoms. The highest BCUT2D eigenvalue weighted by atomic mass is 79.9. The highest BCUT2D eigenvalue weighted by molar-refractivity contribution is 9.10. The number of nitrogen functional groups attached to an aromatic ring is 1. The van der Waals surface area contributed by atoms with Gasteiger partial charge >= 0.3 is 0 Å². The topological polar surface area (TPSA) is 77.8 Å². The first-order valence-corrected chi connectivity index (χ1v) is 5.59. The molecule has 1 aromatic heterocycles. The Kier molecular flexibility index (Phi) is 3.17. The maximum Gasteiger partial charge on any atom is 0.220 e. The highest BCUT2D eigenvalue weighted by Gasteiger charge is 2.11. The Morgan fingerprint density at radius 3 is 2.44 bits per heavy atom. The van der Waals surface area contributed by atoms with Crippen molar-refractivity contribution in [3.8, 4) is 11.3 Å². The zero-order valence-electron chi connectivity index (χ0n) is 8.52. The molecule has 0 unspecified atom stereocenters. The number of nitrogens with zero attached hydrogens (tertiary/aromatic N) is 2. The summed E-state index contributed by atoms with van der Waals surface area (Å²) < 4.78 is 0.801. The van der Waals surface area contributed by atoms with Gasteiger partial charge in [-0.05, 0) is 15.9 Å². The second-order valence-electron chi connectivity index (χ2n) is 3.26. The molecule has 0 spiro atoms. The third-order valence-corrected chi connectivity index (χ3v) is 3.01. The lowest BCUT2D eigenvalue weighted by Crippen LogP contribution is -2.07. The van der Waals surface area contributed by atoms with E-state index in [4.69, 9.17) is 11.5 Å². The van der Waals surface area contributed by atoms with Crippen molar-refractivity contribution in [2.45, 2.75) is 6.54 Å². The SMILES string of the molecule is NCc1nc(N)nc(-c2ccccc2)c1Br. The number of rotatable bonds is 2. The summed E-state index contributed by atoms with van der Waals surface area (Å²) in [5.41, 5.74) is 13.7. The van der Waals surface area contributed by atoms with E-state index in [-0.39, 0.29) is 5.95 Å². The molecule has 0 atom stereocenters. The maximum atomic E-state index is 5.64. The number of halogens is 1. The van der Waals surface area contributed by atoms with Crippen LogP contribution in [0.5, 0.6) is 0 Å². The predicted molar refractivity (Wildman–Crippen MR) is 67.5 cm³/mol. The number of nitrogens with two attached hydrogens (primary N) is 2. The Labute approximate surface area is 102 Å². The van der Waals surface area contributed by atoms with Gasteiger partial charge in [0.15, 0.2) is 0 Å². The molecule has 82 valence electrons. The van der Waals surface area contributed by atoms with Gasteiger partial charge in [0.2, 0.25) is 5.95 Å². The van der Waals surface area contributed by atoms with Crippen LogP contribution in [0.15, 0.2) is 34.8 Å². The summed E-state index contributed by atoms with van der Waals surface area (Å²) in [6, 6.07) is 9.77. The van der Waals surface area contributed by atoms with Crippen LogP contribution >= 0.6 is 15.9 Å². The predicted octanol–water partition coefficient (Wildman–Crippen LogP) is 1.95. The number of hydrogen-bond donors (Lipinski definition) is 2. The number of aromatic nitrogens is 2. The van der Waals surface area contributed by atoms with E-state index < -0.39 is 0 Å². The molecule has 0 aliphatic rings. The van der Waals surface area contributed by atoms with Crippen LogP contribution in [0.25, 0.3) is 11.3 Å². The van der Waals surface area contributed by atoms with Crippen molar-refractivity contribution in [1.29, 1.82) is 0 Å². The van der Waals surface area contributed by atoms with Gasteiger partial charge in [-0.2, -0.15) is 0 Å². The van der Waals surface area contributed by atoms with Crippen LogP contribution in [0.2, 0.25) is 0 Å². The Balaban J connectivity index is 2.61. The lowest BCUT2D eigenvalue weighted by atomic mass is 10.1. The second-order valence-corrected chi connectivity index (χ2v) is 4.05. The van der Waals surface area contributed by atoms with E-state index in [1.165, 1.54) is 0 Å². The summed E-state index contributed by atoms with van der Waals surface area (Å²) in [5, 5.41) is 0. The Morgan fingerprint density at radius 2 is 1.81 bits per heavy atom. The first kappa shape index (κ1) is 11.0. The molecular weight excluding hydrogens is 268 g/mol. The molecular formula is C11H11BrN4. The minimum absolute atomic E-state index is 0.238. The molecule has 5 heteroatoms. The summed E-state index contributed by atoms with van der Waals surface area (Å²) in [4.78, 5) is 8.29. The van der Waals surface area contributed by atoms with Gasteiger partial charge in [0.05, 0.1) is 15.9 Å². The third-order valence-electron chi connectivity index (χ3n) is 2.18. The van der Waals surface area contributed by atoms with Crippen molar-refractivity contribution in [3.63, 3.8) is 0 Å². The summed E-state index contributed by atoms with van der Waals surface area (Å²) >= 11 is 3.45. The second kappa shape index (κ2) is 4.59. The third kappa shape index (κ3) is 2.05. The molecule has 0 amide bonds. The molecule has 0 saturated heterocycles. The molecule has 2 rings (SSSR count). The van der Waals surface area contributed by atoms with E-state index in [1.807, 2.05) is 30.3 Å². The Hall–Kier alpha value is -1.46. The fraction of sp³-hybridized carbons (Fsp3) is 0.0909. The van der Waals surface area contributed by atoms with Crippen molar-refractivity contribution in [1.82, 2.24) is 9.97 Å². The van der Waals surface area contributed by atoms with E-state index in [0.717, 1.165) is 15.7 Å². The molecule has 0 fully saturated rings. The first-order chi connectivity index (χ1) is 7.72. The lowest BCUT2D eigenvalue weighted by Gasteiger charge is -2.08. The van der Waals surface area contributed by atoms with Gasteiger partial charge in [0.1, 0.15) is 0 Å². The molecule has 0 aliphatic heterocycles. The van der Waals surface area contributed by atoms with Crippen molar-refractivity contribution >= 4 is 21.9 Å². The average Bonchev–Trinajstić information content (AvgIpc) is 2.33. The van der Waals surface area contributed by atoms with Gasteiger partial charge < -0.3 is 11.5 Å². The zero-order chi connectivity index (χ0) is 11.5. The molecule has 0 radical (unpaired) electrons. The van der Waals surface area contributed by atoms with Crippen LogP contribution in [-0.2, 0) is 6.54 Å². The fourth-order valence-electron chi connectivity index (χ4n) is 1.44. The van der Waals surface area contributed by atoms with Crippen LogP contribution in [-0.4, -0.2) is 9.97 Å². The molecule has 2 aromatic rings. The fourth-order valence-corrected chi connectivity index (χ4v) is 2.00. The van der Waals surface area contributed by atoms with Crippen LogP contribution in [0.4, 0.5) is 5.95 Å². The molecule has 0 aliphatic carbocycles. The minimum atomic E-state index is 0.238. The summed E-state index contributed by atoms with van der Waals surface area (Å²) in [6.45, 7) is 0.327. The van der Waals surface area contributed by atoms with E-state index in [9.17, 15) is 0 Å². The van der Waals surface area contributed by atoms with Crippen molar-refractivity contribution < 1.29 is 0 Å². The summed E-state index contributed by atoms with van der Waals surface area (Å²) in [7, 11) is 0. The quantitative estimate of drug-likeness (QED) is 0.880. The molecule has 0 saturated carbocycles. The molecule has 1 aromatic carbocycles. The largest absolute Gasteiger partial charge is 0.368 e. The normalized spacial score (nSPS) is 10.4. The molecule has 16 heavy (non-hydrogen) atoms. The van der Waals surface area contributed by atoms with E-state index >= 15 is 0 Å². The molecule has 1 heterocycles. The van der Waals surface area contributed by atoms with Gasteiger partial charge in [0.25, 0.3) is 0 Å². The molecule has 4 nitrogen and oxygen atoms in total. The number of benzene rings is 1. The summed E-state index contributed by atoms with van der Waals surface area (Å²) in [6.07, 6.45) is 0. The van der Waals surface area contributed by atoms with Gasteiger partial charge in [-0.25, -0.2) is 9.97 Å². The van der Waals surface area contributed by atoms with Crippen molar-refractivity contribution in [2.75, 3.05) is 5.73 Å². The number of hydrogen-bond acceptors (Lipinski definition) is 4. The lowest BCUT2D eigenvalue weighted by molar-refractivity contribution is 0.962. The van der Waals surface area contributed by atoms with E-state index in [1.54, 1.807) is 0 Å². The van der Waals surface area contributed by atoms with Gasteiger partial charge in [-0.3, -0.25) is 0 Å². The monoisotopic (exact) mass is 278 g/mol. The Bertz CT molecular complexity index is 499. The number of anilines is 1. The average molecular weight is 279 g/mol. The smallest absolute Gasteiger partial charge is 0.220 e. The van der Waals surface area contributed by atoms with E-state index in [0.29, 0.717) is 12.2 Å². The highest BCUT2D eigenvalue weighted by Crippen LogP contribution is 2.28. The van der Waals surface area contributed by atoms with E-state index in [2.05, 4.69) is 25.9 Å². The molecule has 4 N–H and O–H groups in total. The Morgan fingerprint density at radius 1 is 1.12 bits per heavy atom. The van der Waals surface area contributed by atoms with Gasteiger partial charge in [-0.1, -0.05) is 30.3 Å². The standard InChI is InChI=1S/C11H11BrN4/c12-9-8(6-13)15-11(14)16-10(9)7-4-2-1-3-5-7/h1-5H,6,13H2,(H2,14,15,16). The summed E-state index contributed by atoms with van der Waals surface area (Å²) in [5.74, 6) is 0.238. The van der Waals surface area contributed by atoms with Gasteiger partial charge in [0, 0.05) is 12.1 Å². The maximum absolute atomic E-state index is 5.64. The zero-order valence-corrected chi connectivity index (χ0v) is 10.1. The van der Waals surface area contributed by atoms with Crippen molar-refractivity contribution in [3.05, 3.63) is 40.5 Å². The minimum Gasteiger partial charge on any atom is -0.368 e. The van der Waals surface area contributed by atoms with Gasteiger partial charge in [-0.15, -0.1) is 0 Å². The van der Waals surface area contributed by atoms with Crippen LogP contribution in [0.1, 0.15) is 5.69 Å².